The molecule has 2 heterocycles. The maximum atomic E-state index is 12.2. The molecule has 0 radical (unpaired) electrons. The molecule has 3 heteroatoms. The fraction of sp³-hybridized carbons (Fsp3) is 0.118. The molecule has 0 aliphatic rings. The van der Waals surface area contributed by atoms with Crippen LogP contribution >= 0.6 is 0 Å². The number of hydrogen-bond acceptors (Lipinski definition) is 3. The Labute approximate surface area is 117 Å². The van der Waals surface area contributed by atoms with Gasteiger partial charge in [0.05, 0.1) is 5.52 Å². The average Bonchev–Trinajstić information content (AvgIpc) is 2.48. The fourth-order valence-corrected chi connectivity index (χ4v) is 2.31. The van der Waals surface area contributed by atoms with Crippen LogP contribution < -0.4 is 0 Å². The highest BCUT2D eigenvalue weighted by Gasteiger charge is 2.08. The van der Waals surface area contributed by atoms with E-state index in [4.69, 9.17) is 0 Å². The molecule has 0 saturated heterocycles. The van der Waals surface area contributed by atoms with Crippen molar-refractivity contribution in [2.75, 3.05) is 0 Å². The van der Waals surface area contributed by atoms with Gasteiger partial charge in [-0.2, -0.15) is 0 Å². The quantitative estimate of drug-likeness (QED) is 0.726. The number of para-hydroxylation sites is 1. The summed E-state index contributed by atoms with van der Waals surface area (Å²) >= 11 is 0. The maximum absolute atomic E-state index is 12.2. The van der Waals surface area contributed by atoms with E-state index in [1.807, 2.05) is 42.5 Å². The number of carbonyl (C=O) groups excluding carboxylic acids is 1. The van der Waals surface area contributed by atoms with E-state index in [9.17, 15) is 4.79 Å². The van der Waals surface area contributed by atoms with Crippen LogP contribution in [0.5, 0.6) is 0 Å². The topological polar surface area (TPSA) is 42.9 Å². The Morgan fingerprint density at radius 3 is 2.55 bits per heavy atom. The molecule has 0 fully saturated rings. The number of rotatable bonds is 4. The summed E-state index contributed by atoms with van der Waals surface area (Å²) in [5, 5.41) is 1.05. The molecular formula is C17H14N2O. The van der Waals surface area contributed by atoms with Crippen molar-refractivity contribution in [3.05, 3.63) is 72.2 Å². The highest BCUT2D eigenvalue weighted by molar-refractivity contribution is 5.89. The van der Waals surface area contributed by atoms with Crippen LogP contribution in [0.2, 0.25) is 0 Å². The largest absolute Gasteiger partial charge is 0.299 e. The number of fused-ring (bicyclic) bond motifs is 1. The van der Waals surface area contributed by atoms with Gasteiger partial charge in [-0.3, -0.25) is 14.8 Å². The Kier molecular flexibility index (Phi) is 3.50. The molecular weight excluding hydrogens is 248 g/mol. The molecule has 2 aromatic heterocycles. The average molecular weight is 262 g/mol. The number of carbonyl (C=O) groups is 1. The fourth-order valence-electron chi connectivity index (χ4n) is 2.31. The minimum absolute atomic E-state index is 0.201. The van der Waals surface area contributed by atoms with Crippen LogP contribution in [0, 0.1) is 0 Å². The van der Waals surface area contributed by atoms with Gasteiger partial charge in [-0.25, -0.2) is 0 Å². The van der Waals surface area contributed by atoms with Crippen LogP contribution in [0.4, 0.5) is 0 Å². The number of ketones is 1. The van der Waals surface area contributed by atoms with Gasteiger partial charge in [0.25, 0.3) is 0 Å². The van der Waals surface area contributed by atoms with Crippen LogP contribution in [0.3, 0.4) is 0 Å². The number of aromatic nitrogens is 2. The van der Waals surface area contributed by atoms with Crippen molar-refractivity contribution in [2.24, 2.45) is 0 Å². The lowest BCUT2D eigenvalue weighted by Crippen LogP contribution is -2.07. The van der Waals surface area contributed by atoms with Gasteiger partial charge in [0.1, 0.15) is 5.78 Å². The zero-order chi connectivity index (χ0) is 13.8. The molecule has 0 N–H and O–H groups in total. The predicted molar refractivity (Wildman–Crippen MR) is 78.4 cm³/mol. The lowest BCUT2D eigenvalue weighted by molar-refractivity contribution is -0.117. The Morgan fingerprint density at radius 1 is 0.900 bits per heavy atom. The van der Waals surface area contributed by atoms with E-state index in [0.29, 0.717) is 12.8 Å². The minimum atomic E-state index is 0.201. The lowest BCUT2D eigenvalue weighted by Gasteiger charge is -2.05. The minimum Gasteiger partial charge on any atom is -0.299 e. The molecule has 20 heavy (non-hydrogen) atoms. The number of pyridine rings is 2. The summed E-state index contributed by atoms with van der Waals surface area (Å²) in [6.07, 6.45) is 6.07. The molecule has 98 valence electrons. The molecule has 0 spiro atoms. The van der Waals surface area contributed by atoms with Crippen LogP contribution in [0.15, 0.2) is 61.1 Å². The third-order valence-corrected chi connectivity index (χ3v) is 3.28. The van der Waals surface area contributed by atoms with Crippen molar-refractivity contribution in [2.45, 2.75) is 12.8 Å². The van der Waals surface area contributed by atoms with Crippen LogP contribution in [0.1, 0.15) is 11.1 Å². The Morgan fingerprint density at radius 2 is 1.70 bits per heavy atom. The molecule has 0 aliphatic heterocycles. The standard InChI is InChI=1S/C17H14N2O/c20-15(11-13-5-8-18-9-6-13)12-14-7-10-19-17-4-2-1-3-16(14)17/h1-10H,11-12H2. The SMILES string of the molecule is O=C(Cc1ccncc1)Cc1ccnc2ccccc12. The van der Waals surface area contributed by atoms with Crippen molar-refractivity contribution in [1.29, 1.82) is 0 Å². The number of Topliss-reactive ketones (excluding diaryl/α,β-unsaturated/α-hetero) is 1. The van der Waals surface area contributed by atoms with E-state index in [1.54, 1.807) is 18.6 Å². The summed E-state index contributed by atoms with van der Waals surface area (Å²) in [4.78, 5) is 20.5. The predicted octanol–water partition coefficient (Wildman–Crippen LogP) is 2.98. The second kappa shape index (κ2) is 5.61. The maximum Gasteiger partial charge on any atom is 0.141 e. The van der Waals surface area contributed by atoms with E-state index >= 15 is 0 Å². The molecule has 3 nitrogen and oxygen atoms in total. The lowest BCUT2D eigenvalue weighted by atomic mass is 10.0. The zero-order valence-electron chi connectivity index (χ0n) is 11.0. The molecule has 0 atom stereocenters. The molecule has 0 bridgehead atoms. The van der Waals surface area contributed by atoms with E-state index in [0.717, 1.165) is 22.0 Å². The van der Waals surface area contributed by atoms with Gasteiger partial charge in [0.15, 0.2) is 0 Å². The first kappa shape index (κ1) is 12.5. The highest BCUT2D eigenvalue weighted by atomic mass is 16.1. The zero-order valence-corrected chi connectivity index (χ0v) is 11.0. The smallest absolute Gasteiger partial charge is 0.141 e. The normalized spacial score (nSPS) is 10.6. The number of benzene rings is 1. The molecule has 0 saturated carbocycles. The first-order valence-corrected chi connectivity index (χ1v) is 6.56. The van der Waals surface area contributed by atoms with Crippen molar-refractivity contribution >= 4 is 16.7 Å². The highest BCUT2D eigenvalue weighted by Crippen LogP contribution is 2.17. The van der Waals surface area contributed by atoms with Crippen LogP contribution in [-0.2, 0) is 17.6 Å². The van der Waals surface area contributed by atoms with Crippen molar-refractivity contribution in [3.8, 4) is 0 Å². The molecule has 0 unspecified atom stereocenters. The van der Waals surface area contributed by atoms with Gasteiger partial charge in [-0.15, -0.1) is 0 Å². The Bertz CT molecular complexity index is 733. The summed E-state index contributed by atoms with van der Waals surface area (Å²) in [5.74, 6) is 0.201. The number of hydrogen-bond donors (Lipinski definition) is 0. The summed E-state index contributed by atoms with van der Waals surface area (Å²) < 4.78 is 0. The van der Waals surface area contributed by atoms with Gasteiger partial charge >= 0.3 is 0 Å². The van der Waals surface area contributed by atoms with Gasteiger partial charge in [-0.1, -0.05) is 18.2 Å². The summed E-state index contributed by atoms with van der Waals surface area (Å²) in [6, 6.07) is 13.6. The van der Waals surface area contributed by atoms with Crippen molar-refractivity contribution in [1.82, 2.24) is 9.97 Å². The van der Waals surface area contributed by atoms with Gasteiger partial charge in [0.2, 0.25) is 0 Å². The molecule has 0 aliphatic carbocycles. The van der Waals surface area contributed by atoms with Gasteiger partial charge < -0.3 is 0 Å². The summed E-state index contributed by atoms with van der Waals surface area (Å²) in [5.41, 5.74) is 2.97. The Balaban J connectivity index is 1.81. The van der Waals surface area contributed by atoms with Crippen LogP contribution in [0.25, 0.3) is 10.9 Å². The first-order valence-electron chi connectivity index (χ1n) is 6.56. The Hall–Kier alpha value is -2.55. The monoisotopic (exact) mass is 262 g/mol. The third kappa shape index (κ3) is 2.72. The first-order chi connectivity index (χ1) is 9.83. The summed E-state index contributed by atoms with van der Waals surface area (Å²) in [7, 11) is 0. The summed E-state index contributed by atoms with van der Waals surface area (Å²) in [6.45, 7) is 0. The van der Waals surface area contributed by atoms with Gasteiger partial charge in [-0.05, 0) is 35.4 Å². The van der Waals surface area contributed by atoms with Crippen molar-refractivity contribution < 1.29 is 4.79 Å². The van der Waals surface area contributed by atoms with E-state index in [1.165, 1.54) is 0 Å². The third-order valence-electron chi connectivity index (χ3n) is 3.28. The molecule has 1 aromatic carbocycles. The number of nitrogens with zero attached hydrogens (tertiary/aromatic N) is 2. The van der Waals surface area contributed by atoms with E-state index in [2.05, 4.69) is 9.97 Å². The molecule has 0 amide bonds. The van der Waals surface area contributed by atoms with Gasteiger partial charge in [0, 0.05) is 36.8 Å². The molecule has 3 aromatic rings. The van der Waals surface area contributed by atoms with E-state index in [-0.39, 0.29) is 5.78 Å². The van der Waals surface area contributed by atoms with Crippen LogP contribution in [-0.4, -0.2) is 15.8 Å². The van der Waals surface area contributed by atoms with E-state index < -0.39 is 0 Å². The second-order valence-electron chi connectivity index (χ2n) is 4.73. The van der Waals surface area contributed by atoms with Crippen molar-refractivity contribution in [3.63, 3.8) is 0 Å². The molecule has 3 rings (SSSR count). The second-order valence-corrected chi connectivity index (χ2v) is 4.73.